The van der Waals surface area contributed by atoms with E-state index in [9.17, 15) is 4.79 Å². The fourth-order valence-corrected chi connectivity index (χ4v) is 2.79. The molecular weight excluding hydrogens is 324 g/mol. The van der Waals surface area contributed by atoms with Crippen LogP contribution in [0.3, 0.4) is 0 Å². The van der Waals surface area contributed by atoms with E-state index in [1.54, 1.807) is 6.07 Å². The number of hydrogen-bond donors (Lipinski definition) is 2. The highest BCUT2D eigenvalue weighted by Gasteiger charge is 2.15. The van der Waals surface area contributed by atoms with Gasteiger partial charge in [-0.1, -0.05) is 56.3 Å². The van der Waals surface area contributed by atoms with Gasteiger partial charge >= 0.3 is 0 Å². The van der Waals surface area contributed by atoms with Crippen molar-refractivity contribution in [3.63, 3.8) is 0 Å². The molecule has 2 N–H and O–H groups in total. The Morgan fingerprint density at radius 3 is 2.50 bits per heavy atom. The number of para-hydroxylation sites is 2. The number of rotatable bonds is 6. The average molecular weight is 348 g/mol. The van der Waals surface area contributed by atoms with Crippen molar-refractivity contribution in [1.29, 1.82) is 0 Å². The van der Waals surface area contributed by atoms with E-state index in [4.69, 9.17) is 0 Å². The van der Waals surface area contributed by atoms with Gasteiger partial charge < -0.3 is 10.2 Å². The third-order valence-electron chi connectivity index (χ3n) is 4.28. The highest BCUT2D eigenvalue weighted by Crippen LogP contribution is 2.26. The fraction of sp³-hybridized carbons (Fsp3) is 0.238. The van der Waals surface area contributed by atoms with Crippen LogP contribution >= 0.6 is 0 Å². The second kappa shape index (κ2) is 7.87. The molecule has 0 saturated carbocycles. The lowest BCUT2D eigenvalue weighted by molar-refractivity contribution is 0.102. The molecule has 0 aliphatic heterocycles. The molecule has 1 aromatic heterocycles. The molecule has 0 unspecified atom stereocenters. The number of nitrogens with zero attached hydrogens (tertiary/aromatic N) is 2. The number of aromatic amines is 1. The first-order valence-corrected chi connectivity index (χ1v) is 8.75. The summed E-state index contributed by atoms with van der Waals surface area (Å²) in [6, 6.07) is 19.8. The highest BCUT2D eigenvalue weighted by atomic mass is 16.1. The number of benzene rings is 2. The lowest BCUT2D eigenvalue weighted by Gasteiger charge is -2.22. The lowest BCUT2D eigenvalue weighted by Crippen LogP contribution is -2.20. The summed E-state index contributed by atoms with van der Waals surface area (Å²) < 4.78 is 0. The number of hydrogen-bond acceptors (Lipinski definition) is 3. The Balaban J connectivity index is 1.77. The van der Waals surface area contributed by atoms with Gasteiger partial charge in [-0.05, 0) is 29.7 Å². The van der Waals surface area contributed by atoms with Gasteiger partial charge in [0.05, 0.1) is 11.4 Å². The monoisotopic (exact) mass is 348 g/mol. The molecule has 0 saturated heterocycles. The Bertz CT molecular complexity index is 870. The van der Waals surface area contributed by atoms with Gasteiger partial charge in [0.25, 0.3) is 5.91 Å². The zero-order chi connectivity index (χ0) is 18.5. The van der Waals surface area contributed by atoms with Crippen LogP contribution in [-0.2, 0) is 6.54 Å². The smallest absolute Gasteiger partial charge is 0.276 e. The minimum atomic E-state index is -0.214. The summed E-state index contributed by atoms with van der Waals surface area (Å²) in [5.74, 6) is 0.0852. The van der Waals surface area contributed by atoms with Crippen molar-refractivity contribution in [2.45, 2.75) is 26.3 Å². The largest absolute Gasteiger partial charge is 0.369 e. The summed E-state index contributed by atoms with van der Waals surface area (Å²) in [5, 5.41) is 10.0. The van der Waals surface area contributed by atoms with Crippen molar-refractivity contribution in [3.8, 4) is 0 Å². The average Bonchev–Trinajstić information content (AvgIpc) is 3.13. The Morgan fingerprint density at radius 1 is 1.12 bits per heavy atom. The zero-order valence-electron chi connectivity index (χ0n) is 15.4. The summed E-state index contributed by atoms with van der Waals surface area (Å²) in [5.41, 5.74) is 4.29. The van der Waals surface area contributed by atoms with Crippen LogP contribution in [-0.4, -0.2) is 23.2 Å². The molecule has 2 aromatic carbocycles. The molecule has 5 heteroatoms. The number of anilines is 2. The standard InChI is InChI=1S/C21H24N4O/c1-15(2)18-13-19(24-23-18)21(26)22-17-11-7-8-12-20(17)25(3)14-16-9-5-4-6-10-16/h4-13,15H,14H2,1-3H3,(H,22,26)(H,23,24). The maximum absolute atomic E-state index is 12.6. The Morgan fingerprint density at radius 2 is 1.81 bits per heavy atom. The first kappa shape index (κ1) is 17.7. The van der Waals surface area contributed by atoms with Crippen LogP contribution in [0, 0.1) is 0 Å². The molecule has 26 heavy (non-hydrogen) atoms. The van der Waals surface area contributed by atoms with Crippen molar-refractivity contribution >= 4 is 17.3 Å². The summed E-state index contributed by atoms with van der Waals surface area (Å²) in [7, 11) is 2.02. The number of amides is 1. The molecular formula is C21H24N4O. The maximum Gasteiger partial charge on any atom is 0.276 e. The van der Waals surface area contributed by atoms with Crippen LogP contribution in [0.15, 0.2) is 60.7 Å². The Hall–Kier alpha value is -3.08. The second-order valence-corrected chi connectivity index (χ2v) is 6.68. The van der Waals surface area contributed by atoms with Crippen molar-refractivity contribution in [2.75, 3.05) is 17.3 Å². The zero-order valence-corrected chi connectivity index (χ0v) is 15.4. The van der Waals surface area contributed by atoms with Gasteiger partial charge in [-0.25, -0.2) is 0 Å². The molecule has 0 aliphatic carbocycles. The van der Waals surface area contributed by atoms with Crippen molar-refractivity contribution in [1.82, 2.24) is 10.2 Å². The highest BCUT2D eigenvalue weighted by molar-refractivity contribution is 6.04. The molecule has 1 heterocycles. The van der Waals surface area contributed by atoms with E-state index in [0.717, 1.165) is 23.6 Å². The molecule has 0 aliphatic rings. The van der Waals surface area contributed by atoms with Crippen LogP contribution in [0.1, 0.15) is 41.5 Å². The summed E-state index contributed by atoms with van der Waals surface area (Å²) in [6.45, 7) is 4.87. The lowest BCUT2D eigenvalue weighted by atomic mass is 10.1. The number of H-pyrrole nitrogens is 1. The molecule has 134 valence electrons. The third-order valence-corrected chi connectivity index (χ3v) is 4.28. The van der Waals surface area contributed by atoms with Crippen LogP contribution in [0.5, 0.6) is 0 Å². The minimum absolute atomic E-state index is 0.214. The molecule has 0 fully saturated rings. The first-order valence-electron chi connectivity index (χ1n) is 8.75. The van der Waals surface area contributed by atoms with E-state index in [1.807, 2.05) is 49.5 Å². The third kappa shape index (κ3) is 4.11. The Kier molecular flexibility index (Phi) is 5.37. The van der Waals surface area contributed by atoms with Crippen molar-refractivity contribution < 1.29 is 4.79 Å². The predicted octanol–water partition coefficient (Wildman–Crippen LogP) is 4.42. The molecule has 3 rings (SSSR count). The van der Waals surface area contributed by atoms with E-state index in [-0.39, 0.29) is 5.91 Å². The van der Waals surface area contributed by atoms with Gasteiger partial charge in [0.2, 0.25) is 0 Å². The van der Waals surface area contributed by atoms with Gasteiger partial charge in [0, 0.05) is 19.3 Å². The number of carbonyl (C=O) groups excluding carboxylic acids is 1. The summed E-state index contributed by atoms with van der Waals surface area (Å²) in [4.78, 5) is 14.7. The molecule has 0 atom stereocenters. The molecule has 3 aromatic rings. The van der Waals surface area contributed by atoms with E-state index in [2.05, 4.69) is 46.4 Å². The van der Waals surface area contributed by atoms with Gasteiger partial charge in [0.1, 0.15) is 0 Å². The topological polar surface area (TPSA) is 61.0 Å². The van der Waals surface area contributed by atoms with Gasteiger partial charge in [-0.15, -0.1) is 0 Å². The second-order valence-electron chi connectivity index (χ2n) is 6.68. The predicted molar refractivity (Wildman–Crippen MR) is 106 cm³/mol. The van der Waals surface area contributed by atoms with Crippen molar-refractivity contribution in [3.05, 3.63) is 77.6 Å². The molecule has 5 nitrogen and oxygen atoms in total. The molecule has 0 radical (unpaired) electrons. The molecule has 0 bridgehead atoms. The van der Waals surface area contributed by atoms with E-state index >= 15 is 0 Å². The van der Waals surface area contributed by atoms with Gasteiger partial charge in [-0.2, -0.15) is 5.10 Å². The van der Waals surface area contributed by atoms with Crippen LogP contribution < -0.4 is 10.2 Å². The van der Waals surface area contributed by atoms with E-state index in [1.165, 1.54) is 5.56 Å². The van der Waals surface area contributed by atoms with Crippen LogP contribution in [0.2, 0.25) is 0 Å². The van der Waals surface area contributed by atoms with E-state index in [0.29, 0.717) is 11.6 Å². The number of carbonyl (C=O) groups is 1. The quantitative estimate of drug-likeness (QED) is 0.693. The molecule has 0 spiro atoms. The van der Waals surface area contributed by atoms with Crippen LogP contribution in [0.25, 0.3) is 0 Å². The fourth-order valence-electron chi connectivity index (χ4n) is 2.79. The number of aromatic nitrogens is 2. The first-order chi connectivity index (χ1) is 12.5. The minimum Gasteiger partial charge on any atom is -0.369 e. The Labute approximate surface area is 154 Å². The maximum atomic E-state index is 12.6. The summed E-state index contributed by atoms with van der Waals surface area (Å²) >= 11 is 0. The van der Waals surface area contributed by atoms with E-state index < -0.39 is 0 Å². The van der Waals surface area contributed by atoms with Gasteiger partial charge in [-0.3, -0.25) is 9.89 Å². The van der Waals surface area contributed by atoms with Gasteiger partial charge in [0.15, 0.2) is 5.69 Å². The molecule has 1 amide bonds. The van der Waals surface area contributed by atoms with Crippen molar-refractivity contribution in [2.24, 2.45) is 0 Å². The summed E-state index contributed by atoms with van der Waals surface area (Å²) in [6.07, 6.45) is 0. The normalized spacial score (nSPS) is 10.8. The SMILES string of the molecule is CC(C)c1cc(C(=O)Nc2ccccc2N(C)Cc2ccccc2)n[nH]1. The number of nitrogens with one attached hydrogen (secondary N) is 2. The van der Waals surface area contributed by atoms with Crippen LogP contribution in [0.4, 0.5) is 11.4 Å².